The molecule has 0 aliphatic carbocycles. The zero-order valence-corrected chi connectivity index (χ0v) is 15.1. The number of hydrogen-bond donors (Lipinski definition) is 2. The number of aromatic nitrogens is 1. The number of halogens is 4. The summed E-state index contributed by atoms with van der Waals surface area (Å²) in [6.07, 6.45) is -4.92. The smallest absolute Gasteiger partial charge is 0.432 e. The Morgan fingerprint density at radius 2 is 1.57 bits per heavy atom. The molecule has 2 N–H and O–H groups in total. The van der Waals surface area contributed by atoms with Crippen molar-refractivity contribution in [3.8, 4) is 22.6 Å². The van der Waals surface area contributed by atoms with Gasteiger partial charge in [0.2, 0.25) is 0 Å². The molecule has 0 fully saturated rings. The summed E-state index contributed by atoms with van der Waals surface area (Å²) >= 11 is 0. The summed E-state index contributed by atoms with van der Waals surface area (Å²) < 4.78 is 57.3. The molecule has 4 aromatic rings. The lowest BCUT2D eigenvalue weighted by atomic mass is 9.96. The molecule has 0 radical (unpaired) electrons. The molecule has 3 aromatic carbocycles. The standard InChI is InChI=1S/C22H13F4NO3/c23-12-8-10-13(11-9-12)27-16-6-3-7-17(28)19(16)18(20(27)22(24,25)26)14-4-1-2-5-15(14)21(29)30/h1-11,28H,(H,29,30). The molecule has 0 aliphatic rings. The number of carbonyl (C=O) groups is 1. The van der Waals surface area contributed by atoms with Crippen LogP contribution in [0.1, 0.15) is 16.1 Å². The fourth-order valence-electron chi connectivity index (χ4n) is 3.60. The molecule has 0 bridgehead atoms. The van der Waals surface area contributed by atoms with E-state index in [1.54, 1.807) is 0 Å². The monoisotopic (exact) mass is 415 g/mol. The second-order valence-electron chi connectivity index (χ2n) is 6.56. The van der Waals surface area contributed by atoms with Gasteiger partial charge in [0.15, 0.2) is 0 Å². The van der Waals surface area contributed by atoms with Crippen LogP contribution in [0.4, 0.5) is 17.6 Å². The highest BCUT2D eigenvalue weighted by Crippen LogP contribution is 2.48. The number of nitrogens with zero attached hydrogens (tertiary/aromatic N) is 1. The highest BCUT2D eigenvalue weighted by molar-refractivity contribution is 6.07. The molecule has 1 aromatic heterocycles. The van der Waals surface area contributed by atoms with Crippen LogP contribution >= 0.6 is 0 Å². The average Bonchev–Trinajstić information content (AvgIpc) is 3.05. The van der Waals surface area contributed by atoms with Gasteiger partial charge in [0, 0.05) is 11.3 Å². The second-order valence-corrected chi connectivity index (χ2v) is 6.56. The summed E-state index contributed by atoms with van der Waals surface area (Å²) in [5, 5.41) is 19.8. The van der Waals surface area contributed by atoms with Crippen molar-refractivity contribution < 1.29 is 32.6 Å². The molecule has 0 unspecified atom stereocenters. The third kappa shape index (κ3) is 3.06. The normalized spacial score (nSPS) is 11.7. The number of alkyl halides is 3. The van der Waals surface area contributed by atoms with E-state index in [-0.39, 0.29) is 27.7 Å². The SMILES string of the molecule is O=C(O)c1ccccc1-c1c(C(F)(F)F)n(-c2ccc(F)cc2)c2cccc(O)c12. The van der Waals surface area contributed by atoms with Gasteiger partial charge < -0.3 is 14.8 Å². The third-order valence-corrected chi connectivity index (χ3v) is 4.75. The molecule has 4 rings (SSSR count). The lowest BCUT2D eigenvalue weighted by molar-refractivity contribution is -0.141. The van der Waals surface area contributed by atoms with E-state index >= 15 is 0 Å². The molecule has 1 heterocycles. The highest BCUT2D eigenvalue weighted by atomic mass is 19.4. The van der Waals surface area contributed by atoms with Gasteiger partial charge in [-0.1, -0.05) is 24.3 Å². The van der Waals surface area contributed by atoms with Gasteiger partial charge >= 0.3 is 12.1 Å². The van der Waals surface area contributed by atoms with E-state index in [2.05, 4.69) is 0 Å². The Balaban J connectivity index is 2.24. The molecule has 0 saturated heterocycles. The number of aromatic carboxylic acids is 1. The highest BCUT2D eigenvalue weighted by Gasteiger charge is 2.41. The van der Waals surface area contributed by atoms with Crippen LogP contribution in [-0.2, 0) is 6.18 Å². The molecule has 152 valence electrons. The number of carboxylic acid groups (broad SMARTS) is 1. The number of fused-ring (bicyclic) bond motifs is 1. The van der Waals surface area contributed by atoms with Crippen molar-refractivity contribution in [2.24, 2.45) is 0 Å². The van der Waals surface area contributed by atoms with Crippen molar-refractivity contribution in [2.45, 2.75) is 6.18 Å². The summed E-state index contributed by atoms with van der Waals surface area (Å²) in [6.45, 7) is 0. The lowest BCUT2D eigenvalue weighted by Crippen LogP contribution is -2.14. The Morgan fingerprint density at radius 1 is 0.900 bits per heavy atom. The molecular formula is C22H13F4NO3. The van der Waals surface area contributed by atoms with Gasteiger partial charge in [0.1, 0.15) is 17.3 Å². The quantitative estimate of drug-likeness (QED) is 0.412. The number of phenols is 1. The first-order chi connectivity index (χ1) is 14.2. The van der Waals surface area contributed by atoms with Crippen LogP contribution in [0.2, 0.25) is 0 Å². The number of phenolic OH excluding ortho intramolecular Hbond substituents is 1. The molecule has 0 atom stereocenters. The van der Waals surface area contributed by atoms with Gasteiger partial charge in [0.25, 0.3) is 0 Å². The molecule has 30 heavy (non-hydrogen) atoms. The van der Waals surface area contributed by atoms with E-state index in [0.29, 0.717) is 0 Å². The zero-order valence-electron chi connectivity index (χ0n) is 15.1. The van der Waals surface area contributed by atoms with Crippen molar-refractivity contribution in [3.05, 3.63) is 83.8 Å². The number of aromatic hydroxyl groups is 1. The number of rotatable bonds is 3. The van der Waals surface area contributed by atoms with Gasteiger partial charge in [-0.15, -0.1) is 0 Å². The third-order valence-electron chi connectivity index (χ3n) is 4.75. The van der Waals surface area contributed by atoms with E-state index in [1.165, 1.54) is 54.6 Å². The van der Waals surface area contributed by atoms with E-state index < -0.39 is 35.0 Å². The van der Waals surface area contributed by atoms with Crippen LogP contribution in [0.5, 0.6) is 5.75 Å². The van der Waals surface area contributed by atoms with Crippen LogP contribution in [0.25, 0.3) is 27.7 Å². The maximum Gasteiger partial charge on any atom is 0.432 e. The average molecular weight is 415 g/mol. The van der Waals surface area contributed by atoms with E-state index in [9.17, 15) is 32.6 Å². The molecule has 0 spiro atoms. The van der Waals surface area contributed by atoms with Crippen molar-refractivity contribution in [3.63, 3.8) is 0 Å². The summed E-state index contributed by atoms with van der Waals surface area (Å²) in [7, 11) is 0. The zero-order chi connectivity index (χ0) is 21.6. The Kier molecular flexibility index (Phi) is 4.49. The molecular weight excluding hydrogens is 402 g/mol. The first-order valence-electron chi connectivity index (χ1n) is 8.72. The Labute approximate surface area is 167 Å². The largest absolute Gasteiger partial charge is 0.507 e. The summed E-state index contributed by atoms with van der Waals surface area (Å²) in [5.74, 6) is -2.46. The second kappa shape index (κ2) is 6.91. The predicted molar refractivity (Wildman–Crippen MR) is 102 cm³/mol. The van der Waals surface area contributed by atoms with E-state index in [0.717, 1.165) is 16.7 Å². The fraction of sp³-hybridized carbons (Fsp3) is 0.0455. The first kappa shape index (κ1) is 19.5. The Morgan fingerprint density at radius 3 is 2.20 bits per heavy atom. The minimum absolute atomic E-state index is 0.00382. The number of carboxylic acids is 1. The van der Waals surface area contributed by atoms with Crippen LogP contribution in [0.3, 0.4) is 0 Å². The first-order valence-corrected chi connectivity index (χ1v) is 8.72. The maximum absolute atomic E-state index is 14.3. The topological polar surface area (TPSA) is 62.5 Å². The van der Waals surface area contributed by atoms with Crippen LogP contribution in [0, 0.1) is 5.82 Å². The predicted octanol–water partition coefficient (Wildman–Crippen LogP) is 5.86. The van der Waals surface area contributed by atoms with Gasteiger partial charge in [-0.2, -0.15) is 13.2 Å². The molecule has 4 nitrogen and oxygen atoms in total. The van der Waals surface area contributed by atoms with E-state index in [4.69, 9.17) is 0 Å². The summed E-state index contributed by atoms with van der Waals surface area (Å²) in [6, 6.07) is 13.7. The molecule has 0 aliphatic heterocycles. The van der Waals surface area contributed by atoms with Crippen molar-refractivity contribution in [1.29, 1.82) is 0 Å². The Bertz CT molecular complexity index is 1270. The van der Waals surface area contributed by atoms with Crippen LogP contribution in [-0.4, -0.2) is 20.7 Å². The van der Waals surface area contributed by atoms with Crippen LogP contribution < -0.4 is 0 Å². The maximum atomic E-state index is 14.3. The van der Waals surface area contributed by atoms with Gasteiger partial charge in [0.05, 0.1) is 16.5 Å². The molecule has 0 amide bonds. The van der Waals surface area contributed by atoms with E-state index in [1.807, 2.05) is 0 Å². The van der Waals surface area contributed by atoms with Crippen molar-refractivity contribution in [1.82, 2.24) is 4.57 Å². The van der Waals surface area contributed by atoms with Crippen molar-refractivity contribution >= 4 is 16.9 Å². The molecule has 8 heteroatoms. The van der Waals surface area contributed by atoms with Crippen molar-refractivity contribution in [2.75, 3.05) is 0 Å². The fourth-order valence-corrected chi connectivity index (χ4v) is 3.60. The van der Waals surface area contributed by atoms with Gasteiger partial charge in [-0.25, -0.2) is 9.18 Å². The number of hydrogen-bond acceptors (Lipinski definition) is 2. The van der Waals surface area contributed by atoms with Gasteiger partial charge in [-0.05, 0) is 48.0 Å². The lowest BCUT2D eigenvalue weighted by Gasteiger charge is -2.16. The minimum atomic E-state index is -4.92. The minimum Gasteiger partial charge on any atom is -0.507 e. The Hall–Kier alpha value is -3.81. The summed E-state index contributed by atoms with van der Waals surface area (Å²) in [4.78, 5) is 11.7. The molecule has 0 saturated carbocycles. The number of benzene rings is 3. The van der Waals surface area contributed by atoms with Crippen LogP contribution in [0.15, 0.2) is 66.7 Å². The summed E-state index contributed by atoms with van der Waals surface area (Å²) in [5.41, 5.74) is -2.14. The van der Waals surface area contributed by atoms with Gasteiger partial charge in [-0.3, -0.25) is 0 Å².